The Morgan fingerprint density at radius 2 is 2.19 bits per heavy atom. The summed E-state index contributed by atoms with van der Waals surface area (Å²) in [5, 5.41) is 2.96. The molecule has 1 aliphatic rings. The average molecular weight is 288 g/mol. The molecule has 1 fully saturated rings. The number of anilines is 1. The zero-order chi connectivity index (χ0) is 15.1. The first kappa shape index (κ1) is 15.4. The molecule has 0 aromatic heterocycles. The third-order valence-electron chi connectivity index (χ3n) is 3.92. The molecule has 1 aromatic carbocycles. The van der Waals surface area contributed by atoms with Gasteiger partial charge in [0.25, 0.3) is 0 Å². The first-order valence-corrected chi connectivity index (χ1v) is 7.57. The van der Waals surface area contributed by atoms with Gasteiger partial charge in [0.15, 0.2) is 0 Å². The molecule has 21 heavy (non-hydrogen) atoms. The van der Waals surface area contributed by atoms with Crippen molar-refractivity contribution < 1.29 is 9.53 Å². The maximum Gasteiger partial charge on any atom is 0.322 e. The summed E-state index contributed by atoms with van der Waals surface area (Å²) in [7, 11) is 1.62. The van der Waals surface area contributed by atoms with Crippen molar-refractivity contribution in [3.63, 3.8) is 0 Å². The highest BCUT2D eigenvalue weighted by molar-refractivity contribution is 5.89. The third kappa shape index (κ3) is 4.25. The molecule has 0 saturated heterocycles. The van der Waals surface area contributed by atoms with Crippen LogP contribution in [0.1, 0.15) is 32.1 Å². The van der Waals surface area contributed by atoms with E-state index in [-0.39, 0.29) is 6.03 Å². The van der Waals surface area contributed by atoms with Crippen molar-refractivity contribution in [1.82, 2.24) is 4.90 Å². The van der Waals surface area contributed by atoms with E-state index in [2.05, 4.69) is 11.9 Å². The first-order chi connectivity index (χ1) is 10.2. The van der Waals surface area contributed by atoms with Gasteiger partial charge >= 0.3 is 6.03 Å². The van der Waals surface area contributed by atoms with Gasteiger partial charge in [0, 0.05) is 24.3 Å². The number of amides is 2. The molecule has 0 spiro atoms. The van der Waals surface area contributed by atoms with Crippen LogP contribution in [0.2, 0.25) is 0 Å². The third-order valence-corrected chi connectivity index (χ3v) is 3.92. The number of nitrogens with zero attached hydrogens (tertiary/aromatic N) is 1. The zero-order valence-electron chi connectivity index (χ0n) is 12.7. The number of nitrogens with one attached hydrogen (secondary N) is 1. The van der Waals surface area contributed by atoms with Gasteiger partial charge in [-0.15, -0.1) is 6.58 Å². The van der Waals surface area contributed by atoms with Crippen LogP contribution in [0.15, 0.2) is 36.9 Å². The molecule has 0 bridgehead atoms. The van der Waals surface area contributed by atoms with Crippen LogP contribution in [-0.4, -0.2) is 30.6 Å². The van der Waals surface area contributed by atoms with E-state index in [0.717, 1.165) is 24.3 Å². The van der Waals surface area contributed by atoms with Gasteiger partial charge in [0.2, 0.25) is 0 Å². The second-order valence-electron chi connectivity index (χ2n) is 5.39. The average Bonchev–Trinajstić information content (AvgIpc) is 2.53. The van der Waals surface area contributed by atoms with Crippen LogP contribution in [-0.2, 0) is 0 Å². The molecule has 0 heterocycles. The number of methoxy groups -OCH3 is 1. The Morgan fingerprint density at radius 3 is 2.86 bits per heavy atom. The predicted molar refractivity (Wildman–Crippen MR) is 85.8 cm³/mol. The molecule has 4 nitrogen and oxygen atoms in total. The van der Waals surface area contributed by atoms with Crippen LogP contribution < -0.4 is 10.1 Å². The van der Waals surface area contributed by atoms with Gasteiger partial charge in [0.1, 0.15) is 5.75 Å². The summed E-state index contributed by atoms with van der Waals surface area (Å²) in [6.45, 7) is 4.35. The summed E-state index contributed by atoms with van der Waals surface area (Å²) < 4.78 is 5.18. The second-order valence-corrected chi connectivity index (χ2v) is 5.39. The maximum atomic E-state index is 12.5. The Kier molecular flexibility index (Phi) is 5.67. The van der Waals surface area contributed by atoms with Crippen LogP contribution in [0.4, 0.5) is 10.5 Å². The Hall–Kier alpha value is -1.97. The largest absolute Gasteiger partial charge is 0.497 e. The molecule has 1 saturated carbocycles. The maximum absolute atomic E-state index is 12.5. The smallest absolute Gasteiger partial charge is 0.322 e. The van der Waals surface area contributed by atoms with Crippen LogP contribution in [0, 0.1) is 0 Å². The van der Waals surface area contributed by atoms with Crippen LogP contribution in [0.5, 0.6) is 5.75 Å². The van der Waals surface area contributed by atoms with Crippen LogP contribution in [0.3, 0.4) is 0 Å². The Labute approximate surface area is 126 Å². The van der Waals surface area contributed by atoms with Crippen molar-refractivity contribution in [1.29, 1.82) is 0 Å². The summed E-state index contributed by atoms with van der Waals surface area (Å²) in [6, 6.07) is 7.68. The van der Waals surface area contributed by atoms with Crippen molar-refractivity contribution in [3.8, 4) is 5.75 Å². The number of carbonyl (C=O) groups excluding carboxylic acids is 1. The van der Waals surface area contributed by atoms with Gasteiger partial charge in [-0.05, 0) is 25.0 Å². The molecule has 114 valence electrons. The summed E-state index contributed by atoms with van der Waals surface area (Å²) in [5.74, 6) is 0.737. The van der Waals surface area contributed by atoms with E-state index >= 15 is 0 Å². The van der Waals surface area contributed by atoms with Gasteiger partial charge < -0.3 is 15.0 Å². The fourth-order valence-electron chi connectivity index (χ4n) is 2.83. The summed E-state index contributed by atoms with van der Waals surface area (Å²) in [5.41, 5.74) is 0.754. The SMILES string of the molecule is C=CCN(C(=O)Nc1cccc(OC)c1)C1CCCCC1. The van der Waals surface area contributed by atoms with E-state index in [1.807, 2.05) is 29.2 Å². The normalized spacial score (nSPS) is 15.3. The minimum Gasteiger partial charge on any atom is -0.497 e. The lowest BCUT2D eigenvalue weighted by Gasteiger charge is -2.33. The van der Waals surface area contributed by atoms with Crippen molar-refractivity contribution >= 4 is 11.7 Å². The molecule has 1 aromatic rings. The fourth-order valence-corrected chi connectivity index (χ4v) is 2.83. The lowest BCUT2D eigenvalue weighted by Crippen LogP contribution is -2.43. The number of rotatable bonds is 5. The fraction of sp³-hybridized carbons (Fsp3) is 0.471. The molecular weight excluding hydrogens is 264 g/mol. The molecular formula is C17H24N2O2. The van der Waals surface area contributed by atoms with Crippen molar-refractivity contribution in [3.05, 3.63) is 36.9 Å². The second kappa shape index (κ2) is 7.72. The number of ether oxygens (including phenoxy) is 1. The van der Waals surface area contributed by atoms with Gasteiger partial charge in [0.05, 0.1) is 7.11 Å². The number of hydrogen-bond donors (Lipinski definition) is 1. The summed E-state index contributed by atoms with van der Waals surface area (Å²) >= 11 is 0. The topological polar surface area (TPSA) is 41.6 Å². The van der Waals surface area contributed by atoms with Gasteiger partial charge in [-0.25, -0.2) is 4.79 Å². The minimum absolute atomic E-state index is 0.0601. The monoisotopic (exact) mass is 288 g/mol. The number of benzene rings is 1. The molecule has 2 rings (SSSR count). The zero-order valence-corrected chi connectivity index (χ0v) is 12.7. The van der Waals surface area contributed by atoms with Crippen molar-refractivity contribution in [2.45, 2.75) is 38.1 Å². The molecule has 0 atom stereocenters. The highest BCUT2D eigenvalue weighted by Crippen LogP contribution is 2.24. The van der Waals surface area contributed by atoms with Crippen molar-refractivity contribution in [2.24, 2.45) is 0 Å². The lowest BCUT2D eigenvalue weighted by molar-refractivity contribution is 0.176. The predicted octanol–water partition coefficient (Wildman–Crippen LogP) is 4.05. The lowest BCUT2D eigenvalue weighted by atomic mass is 9.94. The number of hydrogen-bond acceptors (Lipinski definition) is 2. The van der Waals surface area contributed by atoms with E-state index in [1.165, 1.54) is 19.3 Å². The minimum atomic E-state index is -0.0601. The number of carbonyl (C=O) groups is 1. The number of urea groups is 1. The standard InChI is InChI=1S/C17H24N2O2/c1-3-12-19(15-9-5-4-6-10-15)17(20)18-14-8-7-11-16(13-14)21-2/h3,7-8,11,13,15H,1,4-6,9-10,12H2,2H3,(H,18,20). The first-order valence-electron chi connectivity index (χ1n) is 7.57. The van der Waals surface area contributed by atoms with Crippen LogP contribution >= 0.6 is 0 Å². The van der Waals surface area contributed by atoms with E-state index in [1.54, 1.807) is 13.2 Å². The highest BCUT2D eigenvalue weighted by atomic mass is 16.5. The summed E-state index contributed by atoms with van der Waals surface area (Å²) in [4.78, 5) is 14.4. The summed E-state index contributed by atoms with van der Waals surface area (Å²) in [6.07, 6.45) is 7.63. The molecule has 1 aliphatic carbocycles. The molecule has 0 aliphatic heterocycles. The highest BCUT2D eigenvalue weighted by Gasteiger charge is 2.24. The van der Waals surface area contributed by atoms with Gasteiger partial charge in [-0.3, -0.25) is 0 Å². The van der Waals surface area contributed by atoms with E-state index < -0.39 is 0 Å². The molecule has 0 radical (unpaired) electrons. The van der Waals surface area contributed by atoms with Gasteiger partial charge in [-0.2, -0.15) is 0 Å². The Bertz CT molecular complexity index is 481. The quantitative estimate of drug-likeness (QED) is 0.831. The molecule has 2 amide bonds. The Balaban J connectivity index is 2.04. The van der Waals surface area contributed by atoms with E-state index in [9.17, 15) is 4.79 Å². The van der Waals surface area contributed by atoms with E-state index in [0.29, 0.717) is 12.6 Å². The van der Waals surface area contributed by atoms with Crippen molar-refractivity contribution in [2.75, 3.05) is 19.0 Å². The molecule has 4 heteroatoms. The van der Waals surface area contributed by atoms with Crippen LogP contribution in [0.25, 0.3) is 0 Å². The Morgan fingerprint density at radius 1 is 1.43 bits per heavy atom. The van der Waals surface area contributed by atoms with E-state index in [4.69, 9.17) is 4.74 Å². The molecule has 0 unspecified atom stereocenters. The molecule has 1 N–H and O–H groups in total. The van der Waals surface area contributed by atoms with Gasteiger partial charge in [-0.1, -0.05) is 31.4 Å².